The molecule has 0 heterocycles. The molecule has 0 aromatic heterocycles. The van der Waals surface area contributed by atoms with Crippen LogP contribution in [-0.4, -0.2) is 17.0 Å². The van der Waals surface area contributed by atoms with Gasteiger partial charge < -0.3 is 9.84 Å². The zero-order valence-electron chi connectivity index (χ0n) is 21.5. The molecule has 1 aliphatic carbocycles. The lowest BCUT2D eigenvalue weighted by atomic mass is 9.63. The Morgan fingerprint density at radius 1 is 1.00 bits per heavy atom. The number of hydrogen-bond acceptors (Lipinski definition) is 3. The zero-order valence-corrected chi connectivity index (χ0v) is 21.5. The highest BCUT2D eigenvalue weighted by Gasteiger charge is 2.39. The van der Waals surface area contributed by atoms with E-state index in [4.69, 9.17) is 4.74 Å². The van der Waals surface area contributed by atoms with Crippen LogP contribution in [0.3, 0.4) is 0 Å². The summed E-state index contributed by atoms with van der Waals surface area (Å²) in [6.07, 6.45) is 10.7. The predicted octanol–water partition coefficient (Wildman–Crippen LogP) is 7.67. The van der Waals surface area contributed by atoms with E-state index < -0.39 is 5.97 Å². The molecule has 186 valence electrons. The van der Waals surface area contributed by atoms with E-state index in [1.165, 1.54) is 5.56 Å². The number of unbranched alkanes of at least 4 members (excludes halogenated alkanes) is 1. The SMILES string of the molecule is CCCCC(C)[C@@]1(c2ccc(OC(=O)c3ccc(CCC)cc3)cc2)C=CC(C(=O)O)=C(CC)C1. The molecule has 2 aromatic rings. The fourth-order valence-electron chi connectivity index (χ4n) is 5.08. The molecule has 35 heavy (non-hydrogen) atoms. The Morgan fingerprint density at radius 2 is 1.69 bits per heavy atom. The minimum absolute atomic E-state index is 0.281. The number of esters is 1. The fraction of sp³-hybridized carbons (Fsp3) is 0.419. The number of carbonyl (C=O) groups is 2. The second-order valence-electron chi connectivity index (χ2n) is 9.63. The lowest BCUT2D eigenvalue weighted by molar-refractivity contribution is -0.132. The first kappa shape index (κ1) is 26.5. The summed E-state index contributed by atoms with van der Waals surface area (Å²) in [6.45, 7) is 8.61. The largest absolute Gasteiger partial charge is 0.478 e. The van der Waals surface area contributed by atoms with Gasteiger partial charge in [0.05, 0.1) is 11.1 Å². The van der Waals surface area contributed by atoms with Crippen LogP contribution in [0.2, 0.25) is 0 Å². The number of carboxylic acid groups (broad SMARTS) is 1. The van der Waals surface area contributed by atoms with Gasteiger partial charge in [0.1, 0.15) is 5.75 Å². The van der Waals surface area contributed by atoms with E-state index in [1.54, 1.807) is 6.08 Å². The van der Waals surface area contributed by atoms with Gasteiger partial charge in [-0.1, -0.05) is 88.9 Å². The molecule has 0 aliphatic heterocycles. The van der Waals surface area contributed by atoms with Crippen molar-refractivity contribution in [1.29, 1.82) is 0 Å². The summed E-state index contributed by atoms with van der Waals surface area (Å²) in [5.74, 6) is -0.389. The van der Waals surface area contributed by atoms with E-state index in [-0.39, 0.29) is 11.4 Å². The number of carboxylic acids is 1. The van der Waals surface area contributed by atoms with Crippen molar-refractivity contribution in [2.24, 2.45) is 5.92 Å². The van der Waals surface area contributed by atoms with Gasteiger partial charge in [0.15, 0.2) is 0 Å². The van der Waals surface area contributed by atoms with Crippen LogP contribution in [0.4, 0.5) is 0 Å². The van der Waals surface area contributed by atoms with Crippen LogP contribution in [0, 0.1) is 5.92 Å². The summed E-state index contributed by atoms with van der Waals surface area (Å²) in [7, 11) is 0. The van der Waals surface area contributed by atoms with Gasteiger partial charge in [-0.05, 0) is 67.0 Å². The van der Waals surface area contributed by atoms with Crippen molar-refractivity contribution in [3.63, 3.8) is 0 Å². The lowest BCUT2D eigenvalue weighted by Crippen LogP contribution is -2.35. The quantitative estimate of drug-likeness (QED) is 0.268. The molecule has 0 saturated heterocycles. The molecule has 4 nitrogen and oxygen atoms in total. The van der Waals surface area contributed by atoms with Crippen LogP contribution in [0.15, 0.2) is 71.8 Å². The Balaban J connectivity index is 1.84. The summed E-state index contributed by atoms with van der Waals surface area (Å²) >= 11 is 0. The van der Waals surface area contributed by atoms with Gasteiger partial charge in [0.2, 0.25) is 0 Å². The van der Waals surface area contributed by atoms with Crippen LogP contribution in [0.5, 0.6) is 5.75 Å². The summed E-state index contributed by atoms with van der Waals surface area (Å²) < 4.78 is 5.65. The molecule has 2 atom stereocenters. The lowest BCUT2D eigenvalue weighted by Gasteiger charge is -2.41. The van der Waals surface area contributed by atoms with Gasteiger partial charge in [-0.3, -0.25) is 0 Å². The molecule has 1 unspecified atom stereocenters. The third kappa shape index (κ3) is 6.11. The molecular weight excluding hydrogens is 436 g/mol. The second kappa shape index (κ2) is 12.0. The van der Waals surface area contributed by atoms with Crippen molar-refractivity contribution < 1.29 is 19.4 Å². The second-order valence-corrected chi connectivity index (χ2v) is 9.63. The number of allylic oxidation sites excluding steroid dienone is 2. The number of rotatable bonds is 11. The first-order chi connectivity index (χ1) is 16.8. The maximum Gasteiger partial charge on any atom is 0.343 e. The third-order valence-corrected chi connectivity index (χ3v) is 7.29. The Bertz CT molecular complexity index is 1080. The van der Waals surface area contributed by atoms with Crippen molar-refractivity contribution >= 4 is 11.9 Å². The fourth-order valence-corrected chi connectivity index (χ4v) is 5.08. The highest BCUT2D eigenvalue weighted by Crippen LogP contribution is 2.46. The molecule has 0 bridgehead atoms. The van der Waals surface area contributed by atoms with E-state index in [0.717, 1.165) is 43.2 Å². The van der Waals surface area contributed by atoms with Crippen LogP contribution in [-0.2, 0) is 16.6 Å². The summed E-state index contributed by atoms with van der Waals surface area (Å²) in [5, 5.41) is 9.66. The highest BCUT2D eigenvalue weighted by molar-refractivity contribution is 5.92. The van der Waals surface area contributed by atoms with Crippen LogP contribution in [0.25, 0.3) is 0 Å². The Labute approximate surface area is 209 Å². The van der Waals surface area contributed by atoms with E-state index in [9.17, 15) is 14.7 Å². The monoisotopic (exact) mass is 474 g/mol. The molecule has 0 spiro atoms. The number of carbonyl (C=O) groups excluding carboxylic acids is 1. The standard InChI is InChI=1S/C31H38O4/c1-5-8-10-22(4)31(20-19-28(29(32)33)24(7-3)21-31)26-15-17-27(18-16-26)35-30(34)25-13-11-23(9-6-2)12-14-25/h11-20,22H,5-10,21H2,1-4H3,(H,32,33)/t22?,31-/m1/s1. The topological polar surface area (TPSA) is 63.6 Å². The minimum atomic E-state index is -0.863. The van der Waals surface area contributed by atoms with Gasteiger partial charge in [-0.15, -0.1) is 0 Å². The number of ether oxygens (including phenoxy) is 1. The Kier molecular flexibility index (Phi) is 9.08. The number of aliphatic carboxylic acids is 1. The number of hydrogen-bond donors (Lipinski definition) is 1. The van der Waals surface area contributed by atoms with Gasteiger partial charge in [0.25, 0.3) is 0 Å². The highest BCUT2D eigenvalue weighted by atomic mass is 16.5. The van der Waals surface area contributed by atoms with Crippen LogP contribution < -0.4 is 4.74 Å². The molecule has 0 radical (unpaired) electrons. The van der Waals surface area contributed by atoms with Crippen molar-refractivity contribution in [2.75, 3.05) is 0 Å². The average Bonchev–Trinajstić information content (AvgIpc) is 2.87. The Hall–Kier alpha value is -3.14. The molecular formula is C31H38O4. The van der Waals surface area contributed by atoms with Crippen LogP contribution in [0.1, 0.15) is 87.7 Å². The molecule has 1 N–H and O–H groups in total. The summed E-state index contributed by atoms with van der Waals surface area (Å²) in [4.78, 5) is 24.4. The van der Waals surface area contributed by atoms with Crippen molar-refractivity contribution in [3.05, 3.63) is 88.5 Å². The molecule has 3 rings (SSSR count). The first-order valence-electron chi connectivity index (χ1n) is 12.9. The average molecular weight is 475 g/mol. The molecule has 0 amide bonds. The molecule has 0 fully saturated rings. The van der Waals surface area contributed by atoms with Gasteiger partial charge in [0, 0.05) is 5.41 Å². The number of benzene rings is 2. The summed E-state index contributed by atoms with van der Waals surface area (Å²) in [5.41, 5.74) is 3.98. The molecule has 1 aliphatic rings. The van der Waals surface area contributed by atoms with E-state index >= 15 is 0 Å². The predicted molar refractivity (Wildman–Crippen MR) is 141 cm³/mol. The maximum absolute atomic E-state index is 12.6. The smallest absolute Gasteiger partial charge is 0.343 e. The minimum Gasteiger partial charge on any atom is -0.478 e. The molecule has 4 heteroatoms. The van der Waals surface area contributed by atoms with E-state index in [1.807, 2.05) is 55.5 Å². The van der Waals surface area contributed by atoms with Crippen LogP contribution >= 0.6 is 0 Å². The normalized spacial score (nSPS) is 18.4. The molecule has 2 aromatic carbocycles. The van der Waals surface area contributed by atoms with Gasteiger partial charge in [-0.2, -0.15) is 0 Å². The number of aryl methyl sites for hydroxylation is 1. The zero-order chi connectivity index (χ0) is 25.4. The van der Waals surface area contributed by atoms with Gasteiger partial charge in [-0.25, -0.2) is 9.59 Å². The van der Waals surface area contributed by atoms with Crippen molar-refractivity contribution in [1.82, 2.24) is 0 Å². The van der Waals surface area contributed by atoms with E-state index in [2.05, 4.69) is 26.8 Å². The van der Waals surface area contributed by atoms with Crippen molar-refractivity contribution in [2.45, 2.75) is 78.1 Å². The van der Waals surface area contributed by atoms with E-state index in [0.29, 0.717) is 35.6 Å². The van der Waals surface area contributed by atoms with Gasteiger partial charge >= 0.3 is 11.9 Å². The molecule has 0 saturated carbocycles. The maximum atomic E-state index is 12.6. The summed E-state index contributed by atoms with van der Waals surface area (Å²) in [6, 6.07) is 15.3. The first-order valence-corrected chi connectivity index (χ1v) is 12.9. The Morgan fingerprint density at radius 3 is 2.26 bits per heavy atom. The van der Waals surface area contributed by atoms with Crippen molar-refractivity contribution in [3.8, 4) is 5.75 Å². The third-order valence-electron chi connectivity index (χ3n) is 7.29.